The molecule has 3 heterocycles. The number of pyridine rings is 1. The van der Waals surface area contributed by atoms with Crippen LogP contribution in [-0.2, 0) is 6.54 Å². The highest BCUT2D eigenvalue weighted by Crippen LogP contribution is 2.31. The van der Waals surface area contributed by atoms with E-state index >= 15 is 0 Å². The maximum atomic E-state index is 13.5. The van der Waals surface area contributed by atoms with Gasteiger partial charge in [-0.25, -0.2) is 4.98 Å². The predicted octanol–water partition coefficient (Wildman–Crippen LogP) is 3.65. The van der Waals surface area contributed by atoms with Gasteiger partial charge in [0.1, 0.15) is 5.69 Å². The van der Waals surface area contributed by atoms with E-state index in [1.165, 1.54) is 31.6 Å². The van der Waals surface area contributed by atoms with Gasteiger partial charge in [0.05, 0.1) is 36.7 Å². The van der Waals surface area contributed by atoms with Gasteiger partial charge in [-0.3, -0.25) is 14.7 Å². The van der Waals surface area contributed by atoms with Crippen molar-refractivity contribution in [2.75, 3.05) is 19.1 Å². The van der Waals surface area contributed by atoms with E-state index in [4.69, 9.17) is 9.47 Å². The molecule has 0 spiro atoms. The van der Waals surface area contributed by atoms with Crippen molar-refractivity contribution >= 4 is 32.6 Å². The van der Waals surface area contributed by atoms with Gasteiger partial charge in [0.25, 0.3) is 5.91 Å². The quantitative estimate of drug-likeness (QED) is 0.469. The molecule has 0 atom stereocenters. The summed E-state index contributed by atoms with van der Waals surface area (Å²) in [6, 6.07) is 13.1. The van der Waals surface area contributed by atoms with Crippen LogP contribution in [0.25, 0.3) is 10.2 Å². The number of methoxy groups -OCH3 is 2. The number of carbonyl (C=O) groups is 1. The Morgan fingerprint density at radius 1 is 1.07 bits per heavy atom. The van der Waals surface area contributed by atoms with Crippen LogP contribution in [0.4, 0.5) is 5.13 Å². The van der Waals surface area contributed by atoms with Gasteiger partial charge >= 0.3 is 6.01 Å². The molecule has 0 aliphatic rings. The Kier molecular flexibility index (Phi) is 5.53. The summed E-state index contributed by atoms with van der Waals surface area (Å²) in [7, 11) is 2.90. The Morgan fingerprint density at radius 2 is 1.93 bits per heavy atom. The molecule has 0 aliphatic carbocycles. The number of fused-ring (bicyclic) bond motifs is 1. The highest BCUT2D eigenvalue weighted by atomic mass is 32.1. The van der Waals surface area contributed by atoms with Crippen LogP contribution < -0.4 is 14.4 Å². The molecule has 0 N–H and O–H groups in total. The molecule has 30 heavy (non-hydrogen) atoms. The van der Waals surface area contributed by atoms with Crippen molar-refractivity contribution in [3.63, 3.8) is 0 Å². The van der Waals surface area contributed by atoms with Crippen LogP contribution in [0.1, 0.15) is 21.7 Å². The number of aromatic nitrogens is 4. The molecule has 1 aromatic carbocycles. The lowest BCUT2D eigenvalue weighted by molar-refractivity contribution is 0.0978. The Bertz CT molecular complexity index is 1170. The third-order valence-electron chi connectivity index (χ3n) is 4.35. The van der Waals surface area contributed by atoms with Crippen molar-refractivity contribution in [3.8, 4) is 11.9 Å². The molecule has 8 nitrogen and oxygen atoms in total. The fraction of sp³-hybridized carbons (Fsp3) is 0.190. The molecule has 0 unspecified atom stereocenters. The van der Waals surface area contributed by atoms with E-state index in [1.807, 2.05) is 37.3 Å². The Labute approximate surface area is 177 Å². The van der Waals surface area contributed by atoms with Gasteiger partial charge < -0.3 is 9.47 Å². The van der Waals surface area contributed by atoms with Gasteiger partial charge in [0.15, 0.2) is 5.13 Å². The van der Waals surface area contributed by atoms with Crippen LogP contribution >= 0.6 is 11.3 Å². The van der Waals surface area contributed by atoms with Gasteiger partial charge in [-0.15, -0.1) is 0 Å². The first-order chi connectivity index (χ1) is 14.6. The lowest BCUT2D eigenvalue weighted by Crippen LogP contribution is -2.31. The molecule has 0 bridgehead atoms. The molecule has 1 amide bonds. The Morgan fingerprint density at radius 3 is 2.67 bits per heavy atom. The molecule has 152 valence electrons. The van der Waals surface area contributed by atoms with Gasteiger partial charge in [-0.05, 0) is 36.8 Å². The van der Waals surface area contributed by atoms with Crippen molar-refractivity contribution in [1.82, 2.24) is 19.9 Å². The van der Waals surface area contributed by atoms with Crippen LogP contribution in [0.5, 0.6) is 11.9 Å². The Balaban J connectivity index is 1.79. The summed E-state index contributed by atoms with van der Waals surface area (Å²) in [6.07, 6.45) is 1.69. The van der Waals surface area contributed by atoms with Crippen LogP contribution in [0.15, 0.2) is 48.7 Å². The van der Waals surface area contributed by atoms with Crippen molar-refractivity contribution in [2.24, 2.45) is 0 Å². The molecular weight excluding hydrogens is 402 g/mol. The third kappa shape index (κ3) is 4.06. The highest BCUT2D eigenvalue weighted by Gasteiger charge is 2.25. The monoisotopic (exact) mass is 421 g/mol. The maximum absolute atomic E-state index is 13.5. The summed E-state index contributed by atoms with van der Waals surface area (Å²) < 4.78 is 11.3. The zero-order chi connectivity index (χ0) is 21.1. The SMILES string of the molecule is COc1cc(C(=O)N(Cc2ccccn2)c2nc3ccc(C)cc3s2)nc(OC)n1. The molecule has 4 rings (SSSR count). The van der Waals surface area contributed by atoms with E-state index in [1.54, 1.807) is 11.1 Å². The Hall–Kier alpha value is -3.59. The van der Waals surface area contributed by atoms with Crippen LogP contribution in [0, 0.1) is 6.92 Å². The number of aryl methyl sites for hydroxylation is 1. The topological polar surface area (TPSA) is 90.3 Å². The van der Waals surface area contributed by atoms with Crippen molar-refractivity contribution < 1.29 is 14.3 Å². The van der Waals surface area contributed by atoms with Crippen LogP contribution in [-0.4, -0.2) is 40.1 Å². The van der Waals surface area contributed by atoms with E-state index in [0.717, 1.165) is 21.5 Å². The lowest BCUT2D eigenvalue weighted by atomic mass is 10.2. The van der Waals surface area contributed by atoms with Gasteiger partial charge in [0.2, 0.25) is 5.88 Å². The average molecular weight is 421 g/mol. The average Bonchev–Trinajstić information content (AvgIpc) is 3.20. The number of amides is 1. The minimum atomic E-state index is -0.351. The third-order valence-corrected chi connectivity index (χ3v) is 5.39. The molecule has 0 saturated heterocycles. The summed E-state index contributed by atoms with van der Waals surface area (Å²) in [5.74, 6) is -0.113. The van der Waals surface area contributed by atoms with E-state index in [0.29, 0.717) is 5.13 Å². The van der Waals surface area contributed by atoms with E-state index in [2.05, 4.69) is 26.0 Å². The number of nitrogens with zero attached hydrogens (tertiary/aromatic N) is 5. The first-order valence-corrected chi connectivity index (χ1v) is 9.95. The summed E-state index contributed by atoms with van der Waals surface area (Å²) >= 11 is 1.44. The minimum Gasteiger partial charge on any atom is -0.481 e. The zero-order valence-electron chi connectivity index (χ0n) is 16.7. The standard InChI is InChI=1S/C21H19N5O3S/c1-13-7-8-15-17(10-13)30-21(24-15)26(12-14-6-4-5-9-22-14)19(27)16-11-18(28-2)25-20(23-16)29-3/h4-11H,12H2,1-3H3. The second-order valence-corrected chi connectivity index (χ2v) is 7.47. The zero-order valence-corrected chi connectivity index (χ0v) is 17.5. The first kappa shape index (κ1) is 19.7. The van der Waals surface area contributed by atoms with Crippen molar-refractivity contribution in [2.45, 2.75) is 13.5 Å². The number of thiazole rings is 1. The molecule has 0 saturated carbocycles. The molecule has 0 fully saturated rings. The normalized spacial score (nSPS) is 10.8. The smallest absolute Gasteiger partial charge is 0.320 e. The first-order valence-electron chi connectivity index (χ1n) is 9.13. The lowest BCUT2D eigenvalue weighted by Gasteiger charge is -2.19. The van der Waals surface area contributed by atoms with Crippen LogP contribution in [0.2, 0.25) is 0 Å². The molecular formula is C21H19N5O3S. The molecule has 0 aliphatic heterocycles. The van der Waals surface area contributed by atoms with Crippen molar-refractivity contribution in [1.29, 1.82) is 0 Å². The summed E-state index contributed by atoms with van der Waals surface area (Å²) in [4.78, 5) is 32.4. The second-order valence-electron chi connectivity index (χ2n) is 6.46. The largest absolute Gasteiger partial charge is 0.481 e. The fourth-order valence-corrected chi connectivity index (χ4v) is 3.92. The molecule has 4 aromatic rings. The van der Waals surface area contributed by atoms with Crippen molar-refractivity contribution in [3.05, 3.63) is 65.6 Å². The molecule has 0 radical (unpaired) electrons. The number of anilines is 1. The molecule has 9 heteroatoms. The number of rotatable bonds is 6. The van der Waals surface area contributed by atoms with Crippen LogP contribution in [0.3, 0.4) is 0 Å². The summed E-state index contributed by atoms with van der Waals surface area (Å²) in [5, 5.41) is 0.558. The summed E-state index contributed by atoms with van der Waals surface area (Å²) in [5.41, 5.74) is 2.84. The minimum absolute atomic E-state index is 0.0513. The van der Waals surface area contributed by atoms with E-state index in [-0.39, 0.29) is 30.0 Å². The number of hydrogen-bond donors (Lipinski definition) is 0. The second kappa shape index (κ2) is 8.42. The maximum Gasteiger partial charge on any atom is 0.320 e. The fourth-order valence-electron chi connectivity index (χ4n) is 2.86. The predicted molar refractivity (Wildman–Crippen MR) is 114 cm³/mol. The summed E-state index contributed by atoms with van der Waals surface area (Å²) in [6.45, 7) is 2.27. The highest BCUT2D eigenvalue weighted by molar-refractivity contribution is 7.22. The van der Waals surface area contributed by atoms with E-state index < -0.39 is 0 Å². The van der Waals surface area contributed by atoms with Gasteiger partial charge in [-0.2, -0.15) is 9.97 Å². The van der Waals surface area contributed by atoms with Gasteiger partial charge in [-0.1, -0.05) is 23.5 Å². The number of carbonyl (C=O) groups excluding carboxylic acids is 1. The molecule has 3 aromatic heterocycles. The number of benzene rings is 1. The van der Waals surface area contributed by atoms with Gasteiger partial charge in [0, 0.05) is 12.3 Å². The number of hydrogen-bond acceptors (Lipinski definition) is 8. The van der Waals surface area contributed by atoms with E-state index in [9.17, 15) is 4.79 Å². The number of ether oxygens (including phenoxy) is 2.